The first-order valence-electron chi connectivity index (χ1n) is 2.76. The van der Waals surface area contributed by atoms with Crippen LogP contribution < -0.4 is 0 Å². The lowest BCUT2D eigenvalue weighted by Crippen LogP contribution is -1.83. The molecule has 0 amide bonds. The van der Waals surface area contributed by atoms with Crippen LogP contribution in [-0.4, -0.2) is 9.97 Å². The van der Waals surface area contributed by atoms with E-state index in [1.165, 1.54) is 6.33 Å². The topological polar surface area (TPSA) is 25.8 Å². The van der Waals surface area contributed by atoms with Gasteiger partial charge in [0.1, 0.15) is 6.33 Å². The van der Waals surface area contributed by atoms with Crippen LogP contribution in [0.4, 0.5) is 0 Å². The molecule has 3 heteroatoms. The molecule has 1 rings (SSSR count). The van der Waals surface area contributed by atoms with Crippen LogP contribution in [0.5, 0.6) is 0 Å². The van der Waals surface area contributed by atoms with E-state index in [2.05, 4.69) is 36.6 Å². The van der Waals surface area contributed by atoms with Crippen LogP contribution in [-0.2, 0) is 6.42 Å². The molecular formula is C7H5BrN2. The third-order valence-electron chi connectivity index (χ3n) is 0.973. The minimum absolute atomic E-state index is 0.700. The first-order chi connectivity index (χ1) is 4.93. The zero-order chi connectivity index (χ0) is 7.23. The van der Waals surface area contributed by atoms with Crippen molar-refractivity contribution in [1.29, 1.82) is 0 Å². The van der Waals surface area contributed by atoms with Gasteiger partial charge in [-0.2, -0.15) is 0 Å². The molecule has 1 aromatic rings. The van der Waals surface area contributed by atoms with Gasteiger partial charge in [-0.05, 0) is 4.83 Å². The predicted molar refractivity (Wildman–Crippen MR) is 42.4 cm³/mol. The number of halogens is 1. The molecule has 0 aliphatic rings. The molecule has 0 saturated heterocycles. The molecule has 2 nitrogen and oxygen atoms in total. The first-order valence-corrected chi connectivity index (χ1v) is 3.55. The Morgan fingerprint density at radius 2 is 2.10 bits per heavy atom. The molecule has 0 radical (unpaired) electrons. The molecule has 0 aromatic carbocycles. The van der Waals surface area contributed by atoms with Crippen molar-refractivity contribution in [3.05, 3.63) is 24.3 Å². The zero-order valence-electron chi connectivity index (χ0n) is 5.21. The van der Waals surface area contributed by atoms with E-state index in [0.717, 1.165) is 5.56 Å². The van der Waals surface area contributed by atoms with Gasteiger partial charge in [-0.15, -0.1) is 0 Å². The Morgan fingerprint density at radius 3 is 2.70 bits per heavy atom. The average Bonchev–Trinajstić information content (AvgIpc) is 2.03. The van der Waals surface area contributed by atoms with Crippen molar-refractivity contribution in [2.45, 2.75) is 6.42 Å². The third-order valence-corrected chi connectivity index (χ3v) is 1.25. The van der Waals surface area contributed by atoms with Crippen molar-refractivity contribution in [3.8, 4) is 10.8 Å². The molecule has 0 N–H and O–H groups in total. The van der Waals surface area contributed by atoms with Gasteiger partial charge in [-0.25, -0.2) is 9.97 Å². The molecule has 50 valence electrons. The van der Waals surface area contributed by atoms with Crippen molar-refractivity contribution in [1.82, 2.24) is 9.97 Å². The zero-order valence-corrected chi connectivity index (χ0v) is 6.80. The summed E-state index contributed by atoms with van der Waals surface area (Å²) in [5.74, 6) is 2.85. The van der Waals surface area contributed by atoms with Gasteiger partial charge in [0.25, 0.3) is 0 Å². The normalized spacial score (nSPS) is 8.10. The van der Waals surface area contributed by atoms with Gasteiger partial charge < -0.3 is 0 Å². The van der Waals surface area contributed by atoms with E-state index in [9.17, 15) is 0 Å². The van der Waals surface area contributed by atoms with Gasteiger partial charge in [0, 0.05) is 40.3 Å². The Hall–Kier alpha value is -0.880. The van der Waals surface area contributed by atoms with Crippen LogP contribution in [0.15, 0.2) is 18.7 Å². The molecule has 0 fully saturated rings. The Bertz CT molecular complexity index is 247. The van der Waals surface area contributed by atoms with Crippen molar-refractivity contribution >= 4 is 15.9 Å². The number of aromatic nitrogens is 2. The van der Waals surface area contributed by atoms with Crippen LogP contribution >= 0.6 is 15.9 Å². The Balaban J connectivity index is 2.64. The second-order valence-corrected chi connectivity index (χ2v) is 2.09. The third kappa shape index (κ3) is 2.16. The summed E-state index contributed by atoms with van der Waals surface area (Å²) in [7, 11) is 0. The summed E-state index contributed by atoms with van der Waals surface area (Å²) in [6, 6.07) is 0. The highest BCUT2D eigenvalue weighted by atomic mass is 79.9. The standard InChI is InChI=1S/C7H5BrN2/c8-3-1-2-7-4-9-6-10-5-7/h4-6H,2H2. The van der Waals surface area contributed by atoms with Gasteiger partial charge in [-0.1, -0.05) is 5.92 Å². The molecule has 0 aliphatic carbocycles. The van der Waals surface area contributed by atoms with E-state index >= 15 is 0 Å². The minimum atomic E-state index is 0.700. The highest BCUT2D eigenvalue weighted by Crippen LogP contribution is 1.92. The molecule has 0 atom stereocenters. The fourth-order valence-electron chi connectivity index (χ4n) is 0.557. The van der Waals surface area contributed by atoms with E-state index in [1.54, 1.807) is 12.4 Å². The summed E-state index contributed by atoms with van der Waals surface area (Å²) in [4.78, 5) is 10.3. The van der Waals surface area contributed by atoms with Gasteiger partial charge in [-0.3, -0.25) is 0 Å². The summed E-state index contributed by atoms with van der Waals surface area (Å²) >= 11 is 3.00. The molecule has 0 aliphatic heterocycles. The van der Waals surface area contributed by atoms with E-state index in [0.29, 0.717) is 6.42 Å². The van der Waals surface area contributed by atoms with Crippen molar-refractivity contribution in [2.24, 2.45) is 0 Å². The minimum Gasteiger partial charge on any atom is -0.245 e. The fraction of sp³-hybridized carbons (Fsp3) is 0.143. The second kappa shape index (κ2) is 4.02. The quantitative estimate of drug-likeness (QED) is 0.635. The van der Waals surface area contributed by atoms with Crippen LogP contribution in [0.25, 0.3) is 0 Å². The summed E-state index contributed by atoms with van der Waals surface area (Å²) < 4.78 is 0. The molecule has 10 heavy (non-hydrogen) atoms. The van der Waals surface area contributed by atoms with Gasteiger partial charge in [0.05, 0.1) is 0 Å². The molecular weight excluding hydrogens is 192 g/mol. The van der Waals surface area contributed by atoms with E-state index in [1.807, 2.05) is 0 Å². The first kappa shape index (κ1) is 7.23. The van der Waals surface area contributed by atoms with Gasteiger partial charge in [0.15, 0.2) is 0 Å². The Labute approximate surface area is 67.8 Å². The number of rotatable bonds is 1. The van der Waals surface area contributed by atoms with Crippen LogP contribution in [0.3, 0.4) is 0 Å². The number of nitrogens with zero attached hydrogens (tertiary/aromatic N) is 2. The van der Waals surface area contributed by atoms with Crippen LogP contribution in [0.2, 0.25) is 0 Å². The van der Waals surface area contributed by atoms with Crippen molar-refractivity contribution in [2.75, 3.05) is 0 Å². The number of hydrogen-bond acceptors (Lipinski definition) is 2. The van der Waals surface area contributed by atoms with Crippen LogP contribution in [0.1, 0.15) is 5.56 Å². The molecule has 0 bridgehead atoms. The fourth-order valence-corrected chi connectivity index (χ4v) is 0.697. The lowest BCUT2D eigenvalue weighted by atomic mass is 10.3. The molecule has 1 aromatic heterocycles. The van der Waals surface area contributed by atoms with Crippen molar-refractivity contribution in [3.63, 3.8) is 0 Å². The molecule has 0 unspecified atom stereocenters. The summed E-state index contributed by atoms with van der Waals surface area (Å²) in [6.07, 6.45) is 5.71. The SMILES string of the molecule is BrC#CCc1cncnc1. The summed E-state index contributed by atoms with van der Waals surface area (Å²) in [5, 5.41) is 0. The summed E-state index contributed by atoms with van der Waals surface area (Å²) in [5.41, 5.74) is 1.04. The van der Waals surface area contributed by atoms with E-state index in [-0.39, 0.29) is 0 Å². The molecule has 0 saturated carbocycles. The average molecular weight is 197 g/mol. The maximum atomic E-state index is 3.84. The molecule has 1 heterocycles. The van der Waals surface area contributed by atoms with E-state index in [4.69, 9.17) is 0 Å². The highest BCUT2D eigenvalue weighted by Gasteiger charge is 1.85. The lowest BCUT2D eigenvalue weighted by molar-refractivity contribution is 1.10. The Morgan fingerprint density at radius 1 is 1.40 bits per heavy atom. The second-order valence-electron chi connectivity index (χ2n) is 1.69. The van der Waals surface area contributed by atoms with Crippen LogP contribution in [0, 0.1) is 10.8 Å². The van der Waals surface area contributed by atoms with E-state index < -0.39 is 0 Å². The van der Waals surface area contributed by atoms with Crippen molar-refractivity contribution < 1.29 is 0 Å². The highest BCUT2D eigenvalue weighted by molar-refractivity contribution is 9.12. The predicted octanol–water partition coefficient (Wildman–Crippen LogP) is 1.37. The Kier molecular flexibility index (Phi) is 2.91. The largest absolute Gasteiger partial charge is 0.245 e. The molecule has 0 spiro atoms. The maximum absolute atomic E-state index is 3.84. The summed E-state index contributed by atoms with van der Waals surface area (Å²) in [6.45, 7) is 0. The number of hydrogen-bond donors (Lipinski definition) is 0. The maximum Gasteiger partial charge on any atom is 0.115 e. The monoisotopic (exact) mass is 196 g/mol. The van der Waals surface area contributed by atoms with Gasteiger partial charge in [0.2, 0.25) is 0 Å². The van der Waals surface area contributed by atoms with Gasteiger partial charge >= 0.3 is 0 Å². The smallest absolute Gasteiger partial charge is 0.115 e. The lowest BCUT2D eigenvalue weighted by Gasteiger charge is -1.88.